The largest absolute Gasteiger partial charge is 0.463 e. The first-order chi connectivity index (χ1) is 15.5. The molecular formula is C24H24ClN3O3S. The minimum Gasteiger partial charge on any atom is -0.463 e. The molecule has 8 heteroatoms. The lowest BCUT2D eigenvalue weighted by Gasteiger charge is -2.40. The number of amidine groups is 1. The number of benzene rings is 2. The smallest absolute Gasteiger partial charge is 0.338 e. The third kappa shape index (κ3) is 4.69. The van der Waals surface area contributed by atoms with Crippen molar-refractivity contribution in [2.75, 3.05) is 24.2 Å². The van der Waals surface area contributed by atoms with E-state index in [1.165, 1.54) is 0 Å². The number of anilines is 1. The van der Waals surface area contributed by atoms with Crippen molar-refractivity contribution in [3.05, 3.63) is 76.0 Å². The fourth-order valence-corrected chi connectivity index (χ4v) is 5.02. The zero-order valence-corrected chi connectivity index (χ0v) is 19.5. The lowest BCUT2D eigenvalue weighted by Crippen LogP contribution is -2.42. The van der Waals surface area contributed by atoms with E-state index in [9.17, 15) is 9.59 Å². The Labute approximate surface area is 196 Å². The van der Waals surface area contributed by atoms with Gasteiger partial charge in [-0.05, 0) is 62.2 Å². The number of aliphatic imine (C=N–C) groups is 1. The van der Waals surface area contributed by atoms with Crippen molar-refractivity contribution in [2.45, 2.75) is 26.3 Å². The van der Waals surface area contributed by atoms with Crippen LogP contribution < -0.4 is 5.32 Å². The van der Waals surface area contributed by atoms with Crippen molar-refractivity contribution in [1.82, 2.24) is 4.90 Å². The van der Waals surface area contributed by atoms with Crippen LogP contribution in [0.3, 0.4) is 0 Å². The molecule has 2 aliphatic heterocycles. The highest BCUT2D eigenvalue weighted by molar-refractivity contribution is 8.13. The molecule has 0 aliphatic carbocycles. The third-order valence-electron chi connectivity index (χ3n) is 5.32. The average Bonchev–Trinajstić information content (AvgIpc) is 2.79. The van der Waals surface area contributed by atoms with Gasteiger partial charge in [0.2, 0.25) is 0 Å². The van der Waals surface area contributed by atoms with Gasteiger partial charge in [0.25, 0.3) is 5.91 Å². The Kier molecular flexibility index (Phi) is 6.86. The summed E-state index contributed by atoms with van der Waals surface area (Å²) in [7, 11) is 0. The number of hydrogen-bond donors (Lipinski definition) is 1. The number of ether oxygens (including phenoxy) is 1. The summed E-state index contributed by atoms with van der Waals surface area (Å²) < 4.78 is 5.37. The number of hydrogen-bond acceptors (Lipinski definition) is 6. The summed E-state index contributed by atoms with van der Waals surface area (Å²) in [6.07, 6.45) is 1.00. The van der Waals surface area contributed by atoms with Crippen LogP contribution in [0.25, 0.3) is 0 Å². The number of carbonyl (C=O) groups excluding carboxylic acids is 2. The van der Waals surface area contributed by atoms with Crippen LogP contribution in [0.4, 0.5) is 5.69 Å². The molecule has 0 bridgehead atoms. The molecule has 0 saturated carbocycles. The molecule has 6 nitrogen and oxygen atoms in total. The molecule has 4 rings (SSSR count). The predicted molar refractivity (Wildman–Crippen MR) is 129 cm³/mol. The van der Waals surface area contributed by atoms with E-state index in [4.69, 9.17) is 16.3 Å². The summed E-state index contributed by atoms with van der Waals surface area (Å²) in [5.41, 5.74) is 3.28. The Bertz CT molecular complexity index is 1100. The molecule has 0 radical (unpaired) electrons. The van der Waals surface area contributed by atoms with E-state index in [0.29, 0.717) is 34.2 Å². The van der Waals surface area contributed by atoms with Crippen molar-refractivity contribution in [1.29, 1.82) is 0 Å². The Morgan fingerprint density at radius 1 is 1.25 bits per heavy atom. The van der Waals surface area contributed by atoms with E-state index in [1.54, 1.807) is 43.0 Å². The van der Waals surface area contributed by atoms with Gasteiger partial charge in [-0.1, -0.05) is 35.5 Å². The van der Waals surface area contributed by atoms with Gasteiger partial charge in [-0.25, -0.2) is 9.79 Å². The molecule has 1 amide bonds. The zero-order valence-electron chi connectivity index (χ0n) is 17.9. The first-order valence-corrected chi connectivity index (χ1v) is 11.9. The quantitative estimate of drug-likeness (QED) is 0.603. The molecule has 1 N–H and O–H groups in total. The number of esters is 1. The van der Waals surface area contributed by atoms with Gasteiger partial charge in [0.05, 0.1) is 23.9 Å². The van der Waals surface area contributed by atoms with E-state index in [-0.39, 0.29) is 17.9 Å². The molecule has 32 heavy (non-hydrogen) atoms. The van der Waals surface area contributed by atoms with Gasteiger partial charge in [-0.15, -0.1) is 0 Å². The van der Waals surface area contributed by atoms with Gasteiger partial charge in [0, 0.05) is 28.6 Å². The van der Waals surface area contributed by atoms with Crippen molar-refractivity contribution in [3.63, 3.8) is 0 Å². The van der Waals surface area contributed by atoms with Crippen molar-refractivity contribution < 1.29 is 14.3 Å². The molecule has 1 fully saturated rings. The van der Waals surface area contributed by atoms with E-state index >= 15 is 0 Å². The van der Waals surface area contributed by atoms with Crippen LogP contribution in [0.15, 0.2) is 64.8 Å². The number of rotatable bonds is 5. The maximum absolute atomic E-state index is 12.9. The standard InChI is InChI=1S/C24H24ClN3O3S/c1-3-31-23(30)20-15(2)26-24-28(12-5-13-32-24)21(20)17-6-4-7-19(14-17)27-22(29)16-8-10-18(25)11-9-16/h4,6-11,14,21H,3,5,12-13H2,1-2H3,(H,27,29)/t21-/m0/s1. The molecule has 2 aliphatic rings. The van der Waals surface area contributed by atoms with E-state index in [0.717, 1.165) is 29.4 Å². The maximum atomic E-state index is 12.9. The molecule has 1 saturated heterocycles. The molecule has 2 aromatic carbocycles. The fourth-order valence-electron chi connectivity index (χ4n) is 3.88. The minimum atomic E-state index is -0.357. The topological polar surface area (TPSA) is 71.0 Å². The average molecular weight is 470 g/mol. The van der Waals surface area contributed by atoms with Gasteiger partial charge in [0.1, 0.15) is 0 Å². The summed E-state index contributed by atoms with van der Waals surface area (Å²) in [6, 6.07) is 14.0. The number of carbonyl (C=O) groups is 2. The normalized spacial score (nSPS) is 18.0. The fraction of sp³-hybridized carbons (Fsp3) is 0.292. The van der Waals surface area contributed by atoms with E-state index < -0.39 is 0 Å². The van der Waals surface area contributed by atoms with Crippen LogP contribution in [0.1, 0.15) is 42.2 Å². The van der Waals surface area contributed by atoms with Crippen LogP contribution in [-0.4, -0.2) is 40.8 Å². The Balaban J connectivity index is 1.67. The first kappa shape index (κ1) is 22.4. The molecule has 2 heterocycles. The number of amides is 1. The Morgan fingerprint density at radius 2 is 2.03 bits per heavy atom. The summed E-state index contributed by atoms with van der Waals surface area (Å²) in [5.74, 6) is 0.418. The maximum Gasteiger partial charge on any atom is 0.338 e. The summed E-state index contributed by atoms with van der Waals surface area (Å²) in [6.45, 7) is 4.74. The number of nitrogens with one attached hydrogen (secondary N) is 1. The Hall–Kier alpha value is -2.77. The molecule has 0 spiro atoms. The molecule has 166 valence electrons. The SMILES string of the molecule is CCOC(=O)C1=C(C)N=C2SCCCN2[C@H]1c1cccc(NC(=O)c2ccc(Cl)cc2)c1. The first-order valence-electron chi connectivity index (χ1n) is 10.5. The summed E-state index contributed by atoms with van der Waals surface area (Å²) in [5, 5.41) is 4.44. The van der Waals surface area contributed by atoms with Gasteiger partial charge >= 0.3 is 5.97 Å². The van der Waals surface area contributed by atoms with Crippen LogP contribution in [0.2, 0.25) is 5.02 Å². The third-order valence-corrected chi connectivity index (χ3v) is 6.65. The molecule has 1 atom stereocenters. The minimum absolute atomic E-state index is 0.226. The highest BCUT2D eigenvalue weighted by atomic mass is 35.5. The molecular weight excluding hydrogens is 446 g/mol. The second kappa shape index (κ2) is 9.79. The van der Waals surface area contributed by atoms with Crippen LogP contribution >= 0.6 is 23.4 Å². The molecule has 2 aromatic rings. The number of thioether (sulfide) groups is 1. The van der Waals surface area contributed by atoms with Crippen molar-refractivity contribution in [2.24, 2.45) is 4.99 Å². The monoisotopic (exact) mass is 469 g/mol. The van der Waals surface area contributed by atoms with Gasteiger partial charge in [-0.2, -0.15) is 0 Å². The second-order valence-electron chi connectivity index (χ2n) is 7.50. The number of fused-ring (bicyclic) bond motifs is 1. The van der Waals surface area contributed by atoms with Crippen molar-refractivity contribution >= 4 is 46.1 Å². The zero-order chi connectivity index (χ0) is 22.7. The van der Waals surface area contributed by atoms with Crippen LogP contribution in [0, 0.1) is 0 Å². The highest BCUT2D eigenvalue weighted by Crippen LogP contribution is 2.40. The van der Waals surface area contributed by atoms with E-state index in [1.807, 2.05) is 31.2 Å². The summed E-state index contributed by atoms with van der Waals surface area (Å²) >= 11 is 7.62. The Morgan fingerprint density at radius 3 is 2.78 bits per heavy atom. The number of nitrogens with zero attached hydrogens (tertiary/aromatic N) is 2. The highest BCUT2D eigenvalue weighted by Gasteiger charge is 2.37. The number of allylic oxidation sites excluding steroid dienone is 1. The summed E-state index contributed by atoms with van der Waals surface area (Å²) in [4.78, 5) is 32.4. The van der Waals surface area contributed by atoms with E-state index in [2.05, 4.69) is 15.2 Å². The van der Waals surface area contributed by atoms with Crippen molar-refractivity contribution in [3.8, 4) is 0 Å². The predicted octanol–water partition coefficient (Wildman–Crippen LogP) is 5.28. The molecule has 0 aromatic heterocycles. The van der Waals surface area contributed by atoms with Crippen LogP contribution in [-0.2, 0) is 9.53 Å². The van der Waals surface area contributed by atoms with Crippen LogP contribution in [0.5, 0.6) is 0 Å². The van der Waals surface area contributed by atoms with Gasteiger partial charge < -0.3 is 15.0 Å². The van der Waals surface area contributed by atoms with Gasteiger partial charge in [-0.3, -0.25) is 4.79 Å². The lowest BCUT2D eigenvalue weighted by molar-refractivity contribution is -0.139. The van der Waals surface area contributed by atoms with Gasteiger partial charge in [0.15, 0.2) is 5.17 Å². The number of halogens is 1. The lowest BCUT2D eigenvalue weighted by atomic mass is 9.94. The molecule has 0 unspecified atom stereocenters. The second-order valence-corrected chi connectivity index (χ2v) is 9.00.